The lowest BCUT2D eigenvalue weighted by molar-refractivity contribution is -0.129. The van der Waals surface area contributed by atoms with E-state index in [9.17, 15) is 13.2 Å². The molecule has 2 fully saturated rings. The normalized spacial score (nSPS) is 18.0. The van der Waals surface area contributed by atoms with E-state index in [1.54, 1.807) is 11.0 Å². The maximum atomic E-state index is 12.7. The van der Waals surface area contributed by atoms with E-state index in [4.69, 9.17) is 0 Å². The van der Waals surface area contributed by atoms with Crippen LogP contribution in [0.5, 0.6) is 0 Å². The Hall–Kier alpha value is -2.17. The second kappa shape index (κ2) is 9.54. The van der Waals surface area contributed by atoms with Gasteiger partial charge < -0.3 is 9.47 Å². The minimum absolute atomic E-state index is 0.000464. The van der Waals surface area contributed by atoms with Crippen LogP contribution in [0.1, 0.15) is 37.1 Å². The molecular formula is C21H27N5O3S2. The van der Waals surface area contributed by atoms with Crippen molar-refractivity contribution in [3.63, 3.8) is 0 Å². The predicted octanol–water partition coefficient (Wildman–Crippen LogP) is 2.41. The molecule has 0 atom stereocenters. The number of hydrogen-bond acceptors (Lipinski definition) is 6. The minimum Gasteiger partial charge on any atom is -0.339 e. The summed E-state index contributed by atoms with van der Waals surface area (Å²) in [6.45, 7) is 4.25. The third kappa shape index (κ3) is 5.36. The summed E-state index contributed by atoms with van der Waals surface area (Å²) in [4.78, 5) is 14.4. The molecule has 0 radical (unpaired) electrons. The fourth-order valence-electron chi connectivity index (χ4n) is 3.57. The third-order valence-corrected chi connectivity index (χ3v) is 8.03. The average Bonchev–Trinajstić information content (AvgIpc) is 3.56. The Morgan fingerprint density at radius 2 is 1.84 bits per heavy atom. The highest BCUT2D eigenvalue weighted by atomic mass is 32.2. The number of sulfonamides is 1. The fourth-order valence-corrected chi connectivity index (χ4v) is 5.66. The summed E-state index contributed by atoms with van der Waals surface area (Å²) in [6.07, 6.45) is 3.92. The van der Waals surface area contributed by atoms with Crippen LogP contribution in [0.4, 0.5) is 0 Å². The Bertz CT molecular complexity index is 1040. The number of nitrogens with zero attached hydrogens (tertiary/aromatic N) is 5. The molecular weight excluding hydrogens is 434 g/mol. The standard InChI is InChI=1S/C21H27N5O3S2/c1-2-26-20(18-8-9-18)22-23-21(26)30-16-19(27)24-11-13-25(14-12-24)31(28,29)15-10-17-6-4-3-5-7-17/h3-7,10,15,18H,2,8-9,11-14,16H2,1H3/b15-10+. The zero-order chi connectivity index (χ0) is 21.8. The van der Waals surface area contributed by atoms with Crippen LogP contribution in [0.15, 0.2) is 40.9 Å². The number of benzene rings is 1. The van der Waals surface area contributed by atoms with Crippen LogP contribution in [0.25, 0.3) is 6.08 Å². The van der Waals surface area contributed by atoms with E-state index in [1.807, 2.05) is 30.3 Å². The van der Waals surface area contributed by atoms with E-state index in [0.29, 0.717) is 32.1 Å². The van der Waals surface area contributed by atoms with Crippen molar-refractivity contribution in [1.29, 1.82) is 0 Å². The molecule has 1 saturated carbocycles. The van der Waals surface area contributed by atoms with E-state index >= 15 is 0 Å². The Morgan fingerprint density at radius 3 is 2.48 bits per heavy atom. The number of piperazine rings is 1. The van der Waals surface area contributed by atoms with Crippen LogP contribution < -0.4 is 0 Å². The van der Waals surface area contributed by atoms with Crippen LogP contribution in [-0.4, -0.2) is 70.2 Å². The average molecular weight is 462 g/mol. The molecule has 10 heteroatoms. The van der Waals surface area contributed by atoms with Crippen molar-refractivity contribution in [2.75, 3.05) is 31.9 Å². The lowest BCUT2D eigenvalue weighted by Crippen LogP contribution is -2.50. The first-order chi connectivity index (χ1) is 15.0. The van der Waals surface area contributed by atoms with Crippen LogP contribution in [0.2, 0.25) is 0 Å². The molecule has 1 aromatic carbocycles. The summed E-state index contributed by atoms with van der Waals surface area (Å²) in [6, 6.07) is 9.33. The van der Waals surface area contributed by atoms with Crippen LogP contribution in [0, 0.1) is 0 Å². The highest BCUT2D eigenvalue weighted by Gasteiger charge is 2.31. The molecule has 2 aliphatic rings. The first kappa shape index (κ1) is 22.0. The van der Waals surface area contributed by atoms with Crippen molar-refractivity contribution in [2.45, 2.75) is 37.4 Å². The van der Waals surface area contributed by atoms with Crippen molar-refractivity contribution in [3.05, 3.63) is 47.1 Å². The van der Waals surface area contributed by atoms with E-state index in [2.05, 4.69) is 21.7 Å². The van der Waals surface area contributed by atoms with Gasteiger partial charge in [-0.25, -0.2) is 8.42 Å². The minimum atomic E-state index is -3.51. The number of hydrogen-bond donors (Lipinski definition) is 0. The van der Waals surface area contributed by atoms with Crippen molar-refractivity contribution < 1.29 is 13.2 Å². The second-order valence-corrected chi connectivity index (χ2v) is 10.4. The van der Waals surface area contributed by atoms with Gasteiger partial charge in [-0.3, -0.25) is 4.79 Å². The molecule has 4 rings (SSSR count). The quantitative estimate of drug-likeness (QED) is 0.561. The molecule has 1 aliphatic carbocycles. The Balaban J connectivity index is 1.28. The first-order valence-electron chi connectivity index (χ1n) is 10.5. The van der Waals surface area contributed by atoms with Crippen LogP contribution >= 0.6 is 11.8 Å². The van der Waals surface area contributed by atoms with Crippen LogP contribution in [-0.2, 0) is 21.4 Å². The smallest absolute Gasteiger partial charge is 0.236 e. The molecule has 1 amide bonds. The lowest BCUT2D eigenvalue weighted by Gasteiger charge is -2.33. The molecule has 8 nitrogen and oxygen atoms in total. The number of rotatable bonds is 8. The van der Waals surface area contributed by atoms with E-state index in [0.717, 1.165) is 35.9 Å². The summed E-state index contributed by atoms with van der Waals surface area (Å²) >= 11 is 1.41. The van der Waals surface area contributed by atoms with Gasteiger partial charge in [-0.1, -0.05) is 42.1 Å². The summed E-state index contributed by atoms with van der Waals surface area (Å²) in [5.41, 5.74) is 0.835. The van der Waals surface area contributed by atoms with E-state index in [1.165, 1.54) is 21.5 Å². The number of thioether (sulfide) groups is 1. The summed E-state index contributed by atoms with van der Waals surface area (Å²) in [5.74, 6) is 1.83. The fraction of sp³-hybridized carbons (Fsp3) is 0.476. The van der Waals surface area contributed by atoms with Gasteiger partial charge in [-0.15, -0.1) is 10.2 Å². The molecule has 0 N–H and O–H groups in total. The van der Waals surface area contributed by atoms with Gasteiger partial charge in [0.05, 0.1) is 5.75 Å². The van der Waals surface area contributed by atoms with Crippen molar-refractivity contribution in [2.24, 2.45) is 0 Å². The summed E-state index contributed by atoms with van der Waals surface area (Å²) < 4.78 is 28.7. The Labute approximate surface area is 187 Å². The van der Waals surface area contributed by atoms with Gasteiger partial charge in [0.1, 0.15) is 5.82 Å². The molecule has 1 saturated heterocycles. The van der Waals surface area contributed by atoms with Gasteiger partial charge in [0, 0.05) is 44.0 Å². The highest BCUT2D eigenvalue weighted by Crippen LogP contribution is 2.40. The Morgan fingerprint density at radius 1 is 1.13 bits per heavy atom. The topological polar surface area (TPSA) is 88.4 Å². The summed E-state index contributed by atoms with van der Waals surface area (Å²) in [5, 5.41) is 10.6. The van der Waals surface area contributed by atoms with Gasteiger partial charge >= 0.3 is 0 Å². The van der Waals surface area contributed by atoms with Crippen molar-refractivity contribution >= 4 is 33.8 Å². The molecule has 0 spiro atoms. The monoisotopic (exact) mass is 461 g/mol. The number of aromatic nitrogens is 3. The van der Waals surface area contributed by atoms with E-state index < -0.39 is 10.0 Å². The van der Waals surface area contributed by atoms with Crippen LogP contribution in [0.3, 0.4) is 0 Å². The molecule has 2 heterocycles. The maximum absolute atomic E-state index is 12.7. The first-order valence-corrected chi connectivity index (χ1v) is 13.0. The summed E-state index contributed by atoms with van der Waals surface area (Å²) in [7, 11) is -3.51. The second-order valence-electron chi connectivity index (χ2n) is 7.69. The predicted molar refractivity (Wildman–Crippen MR) is 121 cm³/mol. The SMILES string of the molecule is CCn1c(SCC(=O)N2CCN(S(=O)(=O)/C=C/c3ccccc3)CC2)nnc1C1CC1. The van der Waals surface area contributed by atoms with Gasteiger partial charge in [0.2, 0.25) is 15.9 Å². The zero-order valence-corrected chi connectivity index (χ0v) is 19.2. The van der Waals surface area contributed by atoms with Gasteiger partial charge in [0.15, 0.2) is 5.16 Å². The molecule has 0 unspecified atom stereocenters. The number of carbonyl (C=O) groups excluding carboxylic acids is 1. The van der Waals surface area contributed by atoms with Gasteiger partial charge in [-0.2, -0.15) is 4.31 Å². The molecule has 2 aromatic rings. The van der Waals surface area contributed by atoms with Crippen molar-refractivity contribution in [1.82, 2.24) is 24.0 Å². The number of amides is 1. The third-order valence-electron chi connectivity index (χ3n) is 5.51. The molecule has 1 aliphatic heterocycles. The lowest BCUT2D eigenvalue weighted by atomic mass is 10.2. The largest absolute Gasteiger partial charge is 0.339 e. The maximum Gasteiger partial charge on any atom is 0.236 e. The molecule has 0 bridgehead atoms. The molecule has 1 aromatic heterocycles. The van der Waals surface area contributed by atoms with E-state index in [-0.39, 0.29) is 11.7 Å². The molecule has 166 valence electrons. The van der Waals surface area contributed by atoms with Crippen molar-refractivity contribution in [3.8, 4) is 0 Å². The zero-order valence-electron chi connectivity index (χ0n) is 17.6. The van der Waals surface area contributed by atoms with Gasteiger partial charge in [0.25, 0.3) is 0 Å². The Kier molecular flexibility index (Phi) is 6.78. The van der Waals surface area contributed by atoms with Gasteiger partial charge in [-0.05, 0) is 31.4 Å². The molecule has 31 heavy (non-hydrogen) atoms. The highest BCUT2D eigenvalue weighted by molar-refractivity contribution is 7.99. The number of carbonyl (C=O) groups is 1.